The van der Waals surface area contributed by atoms with Gasteiger partial charge in [-0.3, -0.25) is 0 Å². The molecular formula is C21H24O2. The van der Waals surface area contributed by atoms with E-state index in [0.717, 1.165) is 17.9 Å². The van der Waals surface area contributed by atoms with Gasteiger partial charge in [0.1, 0.15) is 5.60 Å². The minimum Gasteiger partial charge on any atom is -0.457 e. The maximum Gasteiger partial charge on any atom is 0.331 e. The topological polar surface area (TPSA) is 26.3 Å². The van der Waals surface area contributed by atoms with Gasteiger partial charge in [0.25, 0.3) is 0 Å². The molecule has 1 aliphatic rings. The average molecular weight is 308 g/mol. The zero-order chi connectivity index (χ0) is 16.4. The fourth-order valence-corrected chi connectivity index (χ4v) is 2.84. The van der Waals surface area contributed by atoms with Crippen LogP contribution in [0.4, 0.5) is 0 Å². The Balaban J connectivity index is 1.94. The maximum atomic E-state index is 12.0. The summed E-state index contributed by atoms with van der Waals surface area (Å²) in [7, 11) is 0. The van der Waals surface area contributed by atoms with Gasteiger partial charge in [0.15, 0.2) is 0 Å². The third kappa shape index (κ3) is 4.22. The van der Waals surface area contributed by atoms with Gasteiger partial charge in [-0.2, -0.15) is 0 Å². The van der Waals surface area contributed by atoms with Crippen LogP contribution in [-0.4, -0.2) is 11.6 Å². The average Bonchev–Trinajstić information content (AvgIpc) is 3.28. The third-order valence-electron chi connectivity index (χ3n) is 4.06. The molecule has 0 aliphatic heterocycles. The molecule has 0 radical (unpaired) electrons. The third-order valence-corrected chi connectivity index (χ3v) is 4.06. The lowest BCUT2D eigenvalue weighted by Gasteiger charge is -2.18. The van der Waals surface area contributed by atoms with E-state index in [-0.39, 0.29) is 5.97 Å². The van der Waals surface area contributed by atoms with Crippen LogP contribution in [0.3, 0.4) is 0 Å². The number of carbonyl (C=O) groups excluding carboxylic acids is 1. The number of hydrogen-bond acceptors (Lipinski definition) is 2. The van der Waals surface area contributed by atoms with Crippen molar-refractivity contribution in [2.24, 2.45) is 5.92 Å². The molecule has 1 saturated carbocycles. The molecule has 2 heteroatoms. The van der Waals surface area contributed by atoms with Gasteiger partial charge < -0.3 is 4.74 Å². The van der Waals surface area contributed by atoms with Gasteiger partial charge in [0.2, 0.25) is 0 Å². The molecule has 0 saturated heterocycles. The number of benzene rings is 2. The lowest BCUT2D eigenvalue weighted by molar-refractivity contribution is -0.148. The predicted molar refractivity (Wildman–Crippen MR) is 95.3 cm³/mol. The van der Waals surface area contributed by atoms with E-state index in [9.17, 15) is 4.79 Å². The molecule has 0 aromatic heterocycles. The molecular weight excluding hydrogens is 284 g/mol. The van der Waals surface area contributed by atoms with E-state index in [0.29, 0.717) is 0 Å². The number of esters is 1. The minimum absolute atomic E-state index is 0.289. The second-order valence-corrected chi connectivity index (χ2v) is 7.37. The quantitative estimate of drug-likeness (QED) is 0.577. The fraction of sp³-hybridized carbons (Fsp3) is 0.381. The van der Waals surface area contributed by atoms with Crippen LogP contribution in [0.25, 0.3) is 16.8 Å². The van der Waals surface area contributed by atoms with E-state index < -0.39 is 5.60 Å². The largest absolute Gasteiger partial charge is 0.457 e. The highest BCUT2D eigenvalue weighted by Crippen LogP contribution is 2.35. The van der Waals surface area contributed by atoms with Gasteiger partial charge in [-0.25, -0.2) is 4.79 Å². The van der Waals surface area contributed by atoms with Gasteiger partial charge in [-0.15, -0.1) is 0 Å². The monoisotopic (exact) mass is 308 g/mol. The Labute approximate surface area is 138 Å². The first-order chi connectivity index (χ1) is 10.9. The summed E-state index contributed by atoms with van der Waals surface area (Å²) in [6.45, 7) is 5.65. The highest BCUT2D eigenvalue weighted by Gasteiger charge is 2.23. The van der Waals surface area contributed by atoms with E-state index in [1.807, 2.05) is 39.0 Å². The van der Waals surface area contributed by atoms with E-state index in [1.165, 1.54) is 29.2 Å². The first-order valence-corrected chi connectivity index (χ1v) is 8.34. The Hall–Kier alpha value is -2.09. The lowest BCUT2D eigenvalue weighted by Crippen LogP contribution is -2.22. The summed E-state index contributed by atoms with van der Waals surface area (Å²) < 4.78 is 5.38. The van der Waals surface area contributed by atoms with E-state index in [1.54, 1.807) is 6.08 Å². The molecule has 0 bridgehead atoms. The molecule has 23 heavy (non-hydrogen) atoms. The van der Waals surface area contributed by atoms with Crippen LogP contribution in [0.5, 0.6) is 0 Å². The molecule has 0 amide bonds. The van der Waals surface area contributed by atoms with Gasteiger partial charge in [-0.05, 0) is 73.9 Å². The molecule has 1 aliphatic carbocycles. The Morgan fingerprint density at radius 2 is 1.91 bits per heavy atom. The Morgan fingerprint density at radius 3 is 2.61 bits per heavy atom. The molecule has 120 valence electrons. The van der Waals surface area contributed by atoms with Crippen molar-refractivity contribution in [2.75, 3.05) is 0 Å². The standard InChI is InChI=1S/C21H24O2/c1-21(2,3)23-20(22)13-12-19-17(14-15-8-9-15)11-10-16-6-4-5-7-18(16)19/h4-7,10-13,15H,8-9,14H2,1-3H3/b13-12+. The van der Waals surface area contributed by atoms with Crippen LogP contribution in [0.2, 0.25) is 0 Å². The van der Waals surface area contributed by atoms with Gasteiger partial charge in [0.05, 0.1) is 0 Å². The fourth-order valence-electron chi connectivity index (χ4n) is 2.84. The predicted octanol–water partition coefficient (Wildman–Crippen LogP) is 5.15. The molecule has 2 aromatic rings. The van der Waals surface area contributed by atoms with Gasteiger partial charge in [0, 0.05) is 6.08 Å². The normalized spacial score (nSPS) is 15.3. The number of hydrogen-bond donors (Lipinski definition) is 0. The van der Waals surface area contributed by atoms with Crippen molar-refractivity contribution in [1.29, 1.82) is 0 Å². The molecule has 3 rings (SSSR count). The van der Waals surface area contributed by atoms with Gasteiger partial charge >= 0.3 is 5.97 Å². The van der Waals surface area contributed by atoms with E-state index in [2.05, 4.69) is 24.3 Å². The van der Waals surface area contributed by atoms with Crippen molar-refractivity contribution in [3.63, 3.8) is 0 Å². The summed E-state index contributed by atoms with van der Waals surface area (Å²) in [5.41, 5.74) is 2.02. The van der Waals surface area contributed by atoms with Crippen molar-refractivity contribution in [1.82, 2.24) is 0 Å². The molecule has 0 heterocycles. The Kier molecular flexibility index (Phi) is 4.25. The number of ether oxygens (including phenoxy) is 1. The second-order valence-electron chi connectivity index (χ2n) is 7.37. The van der Waals surface area contributed by atoms with E-state index in [4.69, 9.17) is 4.74 Å². The number of carbonyl (C=O) groups is 1. The second kappa shape index (κ2) is 6.19. The summed E-state index contributed by atoms with van der Waals surface area (Å²) in [6, 6.07) is 12.7. The summed E-state index contributed by atoms with van der Waals surface area (Å²) in [4.78, 5) is 12.0. The molecule has 2 aromatic carbocycles. The molecule has 0 atom stereocenters. The van der Waals surface area contributed by atoms with Crippen molar-refractivity contribution >= 4 is 22.8 Å². The smallest absolute Gasteiger partial charge is 0.331 e. The highest BCUT2D eigenvalue weighted by molar-refractivity contribution is 5.96. The first-order valence-electron chi connectivity index (χ1n) is 8.34. The molecule has 2 nitrogen and oxygen atoms in total. The van der Waals surface area contributed by atoms with Crippen LogP contribution in [0.1, 0.15) is 44.7 Å². The van der Waals surface area contributed by atoms with Gasteiger partial charge in [-0.1, -0.05) is 36.4 Å². The van der Waals surface area contributed by atoms with Crippen molar-refractivity contribution < 1.29 is 9.53 Å². The SMILES string of the molecule is CC(C)(C)OC(=O)/C=C/c1c(CC2CC2)ccc2ccccc12. The minimum atomic E-state index is -0.461. The summed E-state index contributed by atoms with van der Waals surface area (Å²) >= 11 is 0. The maximum absolute atomic E-state index is 12.0. The summed E-state index contributed by atoms with van der Waals surface area (Å²) in [5, 5.41) is 2.40. The zero-order valence-corrected chi connectivity index (χ0v) is 14.1. The van der Waals surface area contributed by atoms with Crippen LogP contribution in [-0.2, 0) is 16.0 Å². The summed E-state index contributed by atoms with van der Waals surface area (Å²) in [6.07, 6.45) is 7.22. The first kappa shape index (κ1) is 15.8. The molecule has 0 N–H and O–H groups in total. The number of fused-ring (bicyclic) bond motifs is 1. The van der Waals surface area contributed by atoms with Crippen molar-refractivity contribution in [2.45, 2.75) is 45.6 Å². The zero-order valence-electron chi connectivity index (χ0n) is 14.1. The van der Waals surface area contributed by atoms with Crippen molar-refractivity contribution in [3.8, 4) is 0 Å². The van der Waals surface area contributed by atoms with Crippen LogP contribution in [0, 0.1) is 5.92 Å². The molecule has 1 fully saturated rings. The highest BCUT2D eigenvalue weighted by atomic mass is 16.6. The lowest BCUT2D eigenvalue weighted by atomic mass is 9.95. The number of rotatable bonds is 4. The van der Waals surface area contributed by atoms with Crippen LogP contribution < -0.4 is 0 Å². The Bertz CT molecular complexity index is 746. The molecule has 0 unspecified atom stereocenters. The van der Waals surface area contributed by atoms with Crippen LogP contribution in [0.15, 0.2) is 42.5 Å². The Morgan fingerprint density at radius 1 is 1.17 bits per heavy atom. The molecule has 0 spiro atoms. The van der Waals surface area contributed by atoms with Crippen LogP contribution >= 0.6 is 0 Å². The van der Waals surface area contributed by atoms with E-state index >= 15 is 0 Å². The van der Waals surface area contributed by atoms with Crippen molar-refractivity contribution in [3.05, 3.63) is 53.6 Å². The summed E-state index contributed by atoms with van der Waals surface area (Å²) in [5.74, 6) is 0.521.